The molecule has 0 aliphatic heterocycles. The smallest absolute Gasteiger partial charge is 0.336 e. The Kier molecular flexibility index (Phi) is 4.55. The largest absolute Gasteiger partial charge is 0.478 e. The topological polar surface area (TPSA) is 71.2 Å². The first-order valence-electron chi connectivity index (χ1n) is 10.3. The SMILES string of the molecule is CCn1nc(C2=Cc3nccc(C(=O)O)c3C2)c2ccc(N(C)c3ccccc3)cc21. The molecule has 0 fully saturated rings. The highest BCUT2D eigenvalue weighted by Gasteiger charge is 2.25. The zero-order valence-corrected chi connectivity index (χ0v) is 17.4. The number of hydrogen-bond acceptors (Lipinski definition) is 4. The van der Waals surface area contributed by atoms with Gasteiger partial charge in [-0.3, -0.25) is 9.67 Å². The molecule has 1 N–H and O–H groups in total. The third-order valence-electron chi connectivity index (χ3n) is 5.87. The molecular formula is C25H22N4O2. The summed E-state index contributed by atoms with van der Waals surface area (Å²) in [6, 6.07) is 18.2. The molecule has 31 heavy (non-hydrogen) atoms. The molecule has 2 aromatic carbocycles. The maximum absolute atomic E-state index is 11.6. The lowest BCUT2D eigenvalue weighted by molar-refractivity contribution is 0.0695. The molecule has 0 unspecified atom stereocenters. The van der Waals surface area contributed by atoms with Gasteiger partial charge < -0.3 is 10.0 Å². The van der Waals surface area contributed by atoms with Crippen molar-refractivity contribution < 1.29 is 9.90 Å². The average Bonchev–Trinajstić information content (AvgIpc) is 3.39. The van der Waals surface area contributed by atoms with Gasteiger partial charge in [0, 0.05) is 43.0 Å². The molecule has 2 heterocycles. The molecule has 5 rings (SSSR count). The minimum atomic E-state index is -0.925. The molecule has 0 atom stereocenters. The number of carboxylic acids is 1. The molecule has 6 heteroatoms. The molecule has 0 spiro atoms. The van der Waals surface area contributed by atoms with Crippen molar-refractivity contribution in [3.8, 4) is 0 Å². The van der Waals surface area contributed by atoms with Crippen LogP contribution >= 0.6 is 0 Å². The van der Waals surface area contributed by atoms with Gasteiger partial charge in [0.2, 0.25) is 0 Å². The Morgan fingerprint density at radius 3 is 2.68 bits per heavy atom. The summed E-state index contributed by atoms with van der Waals surface area (Å²) in [6.45, 7) is 2.82. The molecule has 6 nitrogen and oxygen atoms in total. The Morgan fingerprint density at radius 1 is 1.13 bits per heavy atom. The number of pyridine rings is 1. The summed E-state index contributed by atoms with van der Waals surface area (Å²) in [5, 5.41) is 15.5. The predicted molar refractivity (Wildman–Crippen MR) is 123 cm³/mol. The summed E-state index contributed by atoms with van der Waals surface area (Å²) in [5.74, 6) is -0.925. The van der Waals surface area contributed by atoms with Crippen LogP contribution in [0.1, 0.15) is 34.2 Å². The number of carbonyl (C=O) groups is 1. The summed E-state index contributed by atoms with van der Waals surface area (Å²) in [7, 11) is 2.05. The first-order valence-corrected chi connectivity index (χ1v) is 10.3. The minimum absolute atomic E-state index is 0.308. The van der Waals surface area contributed by atoms with Crippen molar-refractivity contribution in [2.45, 2.75) is 19.9 Å². The van der Waals surface area contributed by atoms with Crippen molar-refractivity contribution in [1.29, 1.82) is 0 Å². The zero-order valence-electron chi connectivity index (χ0n) is 17.4. The molecule has 2 aromatic heterocycles. The van der Waals surface area contributed by atoms with Crippen LogP contribution in [0, 0.1) is 0 Å². The third kappa shape index (κ3) is 3.17. The van der Waals surface area contributed by atoms with Crippen LogP contribution in [0.3, 0.4) is 0 Å². The van der Waals surface area contributed by atoms with Gasteiger partial charge in [-0.05, 0) is 60.5 Å². The number of aromatic nitrogens is 3. The van der Waals surface area contributed by atoms with E-state index in [9.17, 15) is 9.90 Å². The van der Waals surface area contributed by atoms with Crippen LogP contribution < -0.4 is 4.90 Å². The number of anilines is 2. The Labute approximate surface area is 180 Å². The highest BCUT2D eigenvalue weighted by atomic mass is 16.4. The van der Waals surface area contributed by atoms with E-state index in [1.807, 2.05) is 29.0 Å². The van der Waals surface area contributed by atoms with Gasteiger partial charge in [0.25, 0.3) is 0 Å². The maximum Gasteiger partial charge on any atom is 0.336 e. The summed E-state index contributed by atoms with van der Waals surface area (Å²) >= 11 is 0. The molecule has 0 bridgehead atoms. The van der Waals surface area contributed by atoms with Gasteiger partial charge >= 0.3 is 5.97 Å². The lowest BCUT2D eigenvalue weighted by Crippen LogP contribution is -2.09. The van der Waals surface area contributed by atoms with E-state index in [0.717, 1.165) is 51.3 Å². The van der Waals surface area contributed by atoms with Gasteiger partial charge in [0.1, 0.15) is 0 Å². The number of rotatable bonds is 5. The molecule has 4 aromatic rings. The van der Waals surface area contributed by atoms with Crippen molar-refractivity contribution in [2.75, 3.05) is 11.9 Å². The summed E-state index contributed by atoms with van der Waals surface area (Å²) < 4.78 is 2.00. The number of para-hydroxylation sites is 1. The van der Waals surface area contributed by atoms with E-state index in [1.165, 1.54) is 0 Å². The monoisotopic (exact) mass is 410 g/mol. The molecule has 1 aliphatic carbocycles. The van der Waals surface area contributed by atoms with E-state index in [4.69, 9.17) is 5.10 Å². The molecule has 0 saturated carbocycles. The minimum Gasteiger partial charge on any atom is -0.478 e. The summed E-state index contributed by atoms with van der Waals surface area (Å²) in [5.41, 5.74) is 6.92. The van der Waals surface area contributed by atoms with E-state index < -0.39 is 5.97 Å². The number of benzene rings is 2. The van der Waals surface area contributed by atoms with E-state index in [0.29, 0.717) is 12.0 Å². The van der Waals surface area contributed by atoms with E-state index in [1.54, 1.807) is 12.3 Å². The highest BCUT2D eigenvalue weighted by Crippen LogP contribution is 2.36. The van der Waals surface area contributed by atoms with E-state index >= 15 is 0 Å². The Bertz CT molecular complexity index is 1340. The fourth-order valence-electron chi connectivity index (χ4n) is 4.23. The van der Waals surface area contributed by atoms with Crippen LogP contribution in [-0.2, 0) is 13.0 Å². The van der Waals surface area contributed by atoms with Crippen LogP contribution in [-0.4, -0.2) is 32.9 Å². The maximum atomic E-state index is 11.6. The van der Waals surface area contributed by atoms with Crippen molar-refractivity contribution in [1.82, 2.24) is 14.8 Å². The number of allylic oxidation sites excluding steroid dienone is 1. The average molecular weight is 410 g/mol. The van der Waals surface area contributed by atoms with Crippen LogP contribution in [0.25, 0.3) is 22.6 Å². The van der Waals surface area contributed by atoms with E-state index in [2.05, 4.69) is 54.2 Å². The van der Waals surface area contributed by atoms with Crippen molar-refractivity contribution in [3.05, 3.63) is 83.3 Å². The van der Waals surface area contributed by atoms with Gasteiger partial charge in [0.05, 0.1) is 22.5 Å². The number of aryl methyl sites for hydroxylation is 1. The van der Waals surface area contributed by atoms with Crippen LogP contribution in [0.4, 0.5) is 11.4 Å². The number of aromatic carboxylic acids is 1. The molecule has 0 saturated heterocycles. The van der Waals surface area contributed by atoms with E-state index in [-0.39, 0.29) is 0 Å². The lowest BCUT2D eigenvalue weighted by atomic mass is 10.0. The fraction of sp³-hybridized carbons (Fsp3) is 0.160. The quantitative estimate of drug-likeness (QED) is 0.501. The third-order valence-corrected chi connectivity index (χ3v) is 5.87. The first-order chi connectivity index (χ1) is 15.1. The van der Waals surface area contributed by atoms with Gasteiger partial charge in [-0.2, -0.15) is 5.10 Å². The standard InChI is InChI=1S/C25H22N4O2/c1-3-29-23-15-18(28(2)17-7-5-4-6-8-17)9-10-20(23)24(27-29)16-13-21-19(25(30)31)11-12-26-22(21)14-16/h4-12,14-15H,3,13H2,1-2H3,(H,30,31). The number of fused-ring (bicyclic) bond motifs is 2. The van der Waals surface area contributed by atoms with Gasteiger partial charge in [-0.1, -0.05) is 18.2 Å². The Morgan fingerprint density at radius 2 is 1.94 bits per heavy atom. The fourth-order valence-corrected chi connectivity index (χ4v) is 4.23. The molecule has 0 radical (unpaired) electrons. The molecule has 0 amide bonds. The Balaban J connectivity index is 1.57. The van der Waals surface area contributed by atoms with Gasteiger partial charge in [0.15, 0.2) is 0 Å². The molecule has 1 aliphatic rings. The second kappa shape index (κ2) is 7.40. The lowest BCUT2D eigenvalue weighted by Gasteiger charge is -2.19. The summed E-state index contributed by atoms with van der Waals surface area (Å²) in [6.07, 6.45) is 4.04. The number of hydrogen-bond donors (Lipinski definition) is 1. The molecule has 154 valence electrons. The number of nitrogens with zero attached hydrogens (tertiary/aromatic N) is 4. The van der Waals surface area contributed by atoms with Crippen LogP contribution in [0.15, 0.2) is 60.8 Å². The first kappa shape index (κ1) is 19.1. The van der Waals surface area contributed by atoms with Gasteiger partial charge in [-0.25, -0.2) is 4.79 Å². The normalized spacial score (nSPS) is 12.6. The van der Waals surface area contributed by atoms with Crippen molar-refractivity contribution in [2.24, 2.45) is 0 Å². The van der Waals surface area contributed by atoms with Crippen LogP contribution in [0.5, 0.6) is 0 Å². The predicted octanol–water partition coefficient (Wildman–Crippen LogP) is 5.01. The van der Waals surface area contributed by atoms with Crippen LogP contribution in [0.2, 0.25) is 0 Å². The highest BCUT2D eigenvalue weighted by molar-refractivity contribution is 6.01. The second-order valence-corrected chi connectivity index (χ2v) is 7.63. The van der Waals surface area contributed by atoms with Crippen molar-refractivity contribution >= 4 is 39.9 Å². The molecular weight excluding hydrogens is 388 g/mol. The second-order valence-electron chi connectivity index (χ2n) is 7.63. The van der Waals surface area contributed by atoms with Crippen molar-refractivity contribution in [3.63, 3.8) is 0 Å². The number of carboxylic acid groups (broad SMARTS) is 1. The Hall–Kier alpha value is -3.93. The summed E-state index contributed by atoms with van der Waals surface area (Å²) in [4.78, 5) is 18.1. The zero-order chi connectivity index (χ0) is 21.5. The van der Waals surface area contributed by atoms with Gasteiger partial charge in [-0.15, -0.1) is 0 Å².